The lowest BCUT2D eigenvalue weighted by Crippen LogP contribution is -2.10. The molecule has 0 aliphatic carbocycles. The summed E-state index contributed by atoms with van der Waals surface area (Å²) in [5, 5.41) is 18.5. The van der Waals surface area contributed by atoms with Gasteiger partial charge in [-0.25, -0.2) is 0 Å². The Morgan fingerprint density at radius 1 is 1.20 bits per heavy atom. The molecule has 1 rings (SSSR count). The van der Waals surface area contributed by atoms with Gasteiger partial charge in [-0.3, -0.25) is 9.36 Å². The second-order valence-electron chi connectivity index (χ2n) is 3.38. The zero-order valence-corrected chi connectivity index (χ0v) is 8.43. The highest BCUT2D eigenvalue weighted by Crippen LogP contribution is 2.20. The highest BCUT2D eigenvalue weighted by Gasteiger charge is 2.10. The average Bonchev–Trinajstić information content (AvgIpc) is 2.46. The molecule has 0 unspecified atom stereocenters. The van der Waals surface area contributed by atoms with Gasteiger partial charge >= 0.3 is 0 Å². The third-order valence-electron chi connectivity index (χ3n) is 2.02. The number of hydrogen-bond donors (Lipinski definition) is 2. The minimum atomic E-state index is -0.202. The molecule has 0 aliphatic rings. The molecule has 5 heteroatoms. The van der Waals surface area contributed by atoms with E-state index in [2.05, 4.69) is 0 Å². The highest BCUT2D eigenvalue weighted by molar-refractivity contribution is 5.84. The molecule has 82 valence electrons. The van der Waals surface area contributed by atoms with Crippen molar-refractivity contribution < 1.29 is 19.8 Å². The van der Waals surface area contributed by atoms with Crippen LogP contribution in [0.1, 0.15) is 19.8 Å². The molecule has 1 aromatic heterocycles. The summed E-state index contributed by atoms with van der Waals surface area (Å²) >= 11 is 0. The van der Waals surface area contributed by atoms with E-state index in [1.807, 2.05) is 0 Å². The van der Waals surface area contributed by atoms with Crippen LogP contribution in [0, 0.1) is 0 Å². The average molecular weight is 211 g/mol. The highest BCUT2D eigenvalue weighted by atomic mass is 16.3. The molecule has 2 N–H and O–H groups in total. The van der Waals surface area contributed by atoms with Crippen LogP contribution in [-0.2, 0) is 16.1 Å². The monoisotopic (exact) mass is 211 g/mol. The molecule has 0 atom stereocenters. The molecule has 15 heavy (non-hydrogen) atoms. The number of Topliss-reactive ketones (excluding diaryl/α,β-unsaturated/α-hetero) is 2. The fraction of sp³-hybridized carbons (Fsp3) is 0.400. The van der Waals surface area contributed by atoms with Crippen LogP contribution in [0.5, 0.6) is 11.8 Å². The van der Waals surface area contributed by atoms with Crippen LogP contribution in [-0.4, -0.2) is 26.3 Å². The first kappa shape index (κ1) is 11.3. The van der Waals surface area contributed by atoms with Crippen molar-refractivity contribution in [2.45, 2.75) is 26.3 Å². The molecular formula is C10H13NO4. The van der Waals surface area contributed by atoms with Gasteiger partial charge < -0.3 is 15.0 Å². The Hall–Kier alpha value is -1.78. The molecule has 5 nitrogen and oxygen atoms in total. The van der Waals surface area contributed by atoms with E-state index in [9.17, 15) is 19.8 Å². The van der Waals surface area contributed by atoms with E-state index in [0.29, 0.717) is 0 Å². The summed E-state index contributed by atoms with van der Waals surface area (Å²) in [7, 11) is 0. The molecule has 0 fully saturated rings. The largest absolute Gasteiger partial charge is 0.494 e. The maximum absolute atomic E-state index is 11.3. The van der Waals surface area contributed by atoms with Crippen molar-refractivity contribution in [2.24, 2.45) is 0 Å². The lowest BCUT2D eigenvalue weighted by Gasteiger charge is -2.04. The molecule has 0 aliphatic heterocycles. The van der Waals surface area contributed by atoms with E-state index in [-0.39, 0.29) is 42.7 Å². The van der Waals surface area contributed by atoms with E-state index in [1.54, 1.807) is 0 Å². The van der Waals surface area contributed by atoms with Crippen LogP contribution < -0.4 is 0 Å². The SMILES string of the molecule is CC(=O)CCC(=O)Cn1c(O)ccc1O. The molecule has 0 aromatic carbocycles. The smallest absolute Gasteiger partial charge is 0.194 e. The first-order chi connectivity index (χ1) is 7.00. The van der Waals surface area contributed by atoms with Gasteiger partial charge in [0.2, 0.25) is 0 Å². The molecule has 0 spiro atoms. The van der Waals surface area contributed by atoms with E-state index < -0.39 is 0 Å². The van der Waals surface area contributed by atoms with Gasteiger partial charge in [0.25, 0.3) is 0 Å². The van der Waals surface area contributed by atoms with Gasteiger partial charge in [-0.05, 0) is 6.92 Å². The van der Waals surface area contributed by atoms with Crippen molar-refractivity contribution in [1.82, 2.24) is 4.57 Å². The number of aromatic hydroxyl groups is 2. The number of ketones is 2. The minimum Gasteiger partial charge on any atom is -0.494 e. The molecule has 1 aromatic rings. The second kappa shape index (κ2) is 4.63. The summed E-state index contributed by atoms with van der Waals surface area (Å²) in [5.74, 6) is -0.580. The maximum atomic E-state index is 11.3. The van der Waals surface area contributed by atoms with E-state index in [0.717, 1.165) is 4.57 Å². The number of hydrogen-bond acceptors (Lipinski definition) is 4. The van der Waals surface area contributed by atoms with Gasteiger partial charge in [-0.1, -0.05) is 0 Å². The van der Waals surface area contributed by atoms with Gasteiger partial charge in [0.15, 0.2) is 17.5 Å². The predicted octanol–water partition coefficient (Wildman–Crippen LogP) is 0.838. The summed E-state index contributed by atoms with van der Waals surface area (Å²) in [5.41, 5.74) is 0. The molecule has 0 saturated carbocycles. The van der Waals surface area contributed by atoms with E-state index in [4.69, 9.17) is 0 Å². The number of carbonyl (C=O) groups is 2. The Morgan fingerprint density at radius 2 is 1.73 bits per heavy atom. The quantitative estimate of drug-likeness (QED) is 0.756. The third kappa shape index (κ3) is 3.12. The van der Waals surface area contributed by atoms with E-state index in [1.165, 1.54) is 19.1 Å². The lowest BCUT2D eigenvalue weighted by atomic mass is 10.2. The maximum Gasteiger partial charge on any atom is 0.194 e. The first-order valence-corrected chi connectivity index (χ1v) is 4.59. The van der Waals surface area contributed by atoms with Crippen molar-refractivity contribution in [3.63, 3.8) is 0 Å². The molecular weight excluding hydrogens is 198 g/mol. The molecule has 1 heterocycles. The van der Waals surface area contributed by atoms with Crippen molar-refractivity contribution in [2.75, 3.05) is 0 Å². The van der Waals surface area contributed by atoms with Crippen molar-refractivity contribution in [3.05, 3.63) is 12.1 Å². The van der Waals surface area contributed by atoms with Crippen molar-refractivity contribution >= 4 is 11.6 Å². The first-order valence-electron chi connectivity index (χ1n) is 4.59. The molecule has 0 bridgehead atoms. The molecule has 0 radical (unpaired) electrons. The van der Waals surface area contributed by atoms with Crippen LogP contribution in [0.4, 0.5) is 0 Å². The zero-order chi connectivity index (χ0) is 11.4. The Bertz CT molecular complexity index is 361. The second-order valence-corrected chi connectivity index (χ2v) is 3.38. The van der Waals surface area contributed by atoms with Crippen LogP contribution in [0.3, 0.4) is 0 Å². The van der Waals surface area contributed by atoms with Crippen LogP contribution in [0.15, 0.2) is 12.1 Å². The van der Waals surface area contributed by atoms with Gasteiger partial charge in [-0.15, -0.1) is 0 Å². The fourth-order valence-electron chi connectivity index (χ4n) is 1.18. The Kier molecular flexibility index (Phi) is 3.49. The summed E-state index contributed by atoms with van der Waals surface area (Å²) < 4.78 is 1.09. The molecule has 0 saturated heterocycles. The fourth-order valence-corrected chi connectivity index (χ4v) is 1.18. The van der Waals surface area contributed by atoms with Gasteiger partial charge in [-0.2, -0.15) is 0 Å². The third-order valence-corrected chi connectivity index (χ3v) is 2.02. The van der Waals surface area contributed by atoms with Gasteiger partial charge in [0, 0.05) is 25.0 Å². The normalized spacial score (nSPS) is 10.2. The van der Waals surface area contributed by atoms with Crippen LogP contribution in [0.2, 0.25) is 0 Å². The standard InChI is InChI=1S/C10H13NO4/c1-7(12)2-3-8(13)6-11-9(14)4-5-10(11)15/h4-5,14-15H,2-3,6H2,1H3. The Morgan fingerprint density at radius 3 is 2.20 bits per heavy atom. The van der Waals surface area contributed by atoms with E-state index >= 15 is 0 Å². The van der Waals surface area contributed by atoms with Crippen molar-refractivity contribution in [1.29, 1.82) is 0 Å². The van der Waals surface area contributed by atoms with Crippen LogP contribution in [0.25, 0.3) is 0 Å². The topological polar surface area (TPSA) is 79.5 Å². The van der Waals surface area contributed by atoms with Gasteiger partial charge in [0.1, 0.15) is 5.78 Å². The summed E-state index contributed by atoms with van der Waals surface area (Å²) in [4.78, 5) is 22.0. The lowest BCUT2D eigenvalue weighted by molar-refractivity contribution is -0.123. The number of rotatable bonds is 5. The Labute approximate surface area is 87.0 Å². The summed E-state index contributed by atoms with van der Waals surface area (Å²) in [6, 6.07) is 2.60. The van der Waals surface area contributed by atoms with Gasteiger partial charge in [0.05, 0.1) is 6.54 Å². The number of nitrogens with zero attached hydrogens (tertiary/aromatic N) is 1. The summed E-state index contributed by atoms with van der Waals surface area (Å²) in [6.45, 7) is 1.30. The molecule has 0 amide bonds. The van der Waals surface area contributed by atoms with Crippen molar-refractivity contribution in [3.8, 4) is 11.8 Å². The minimum absolute atomic E-state index is 0.0516. The number of aromatic nitrogens is 1. The zero-order valence-electron chi connectivity index (χ0n) is 8.43. The Balaban J connectivity index is 2.55. The number of carbonyl (C=O) groups excluding carboxylic acids is 2. The van der Waals surface area contributed by atoms with Crippen LogP contribution >= 0.6 is 0 Å². The summed E-state index contributed by atoms with van der Waals surface area (Å²) in [6.07, 6.45) is 0.327. The predicted molar refractivity (Wildman–Crippen MR) is 52.7 cm³/mol.